The van der Waals surface area contributed by atoms with E-state index in [4.69, 9.17) is 0 Å². The van der Waals surface area contributed by atoms with Crippen LogP contribution in [-0.2, 0) is 0 Å². The summed E-state index contributed by atoms with van der Waals surface area (Å²) in [5.74, 6) is 3.84. The summed E-state index contributed by atoms with van der Waals surface area (Å²) in [6, 6.07) is 6.19. The predicted octanol–water partition coefficient (Wildman–Crippen LogP) is 2.42. The Balaban J connectivity index is 1.31. The lowest BCUT2D eigenvalue weighted by Gasteiger charge is -2.37. The fourth-order valence-corrected chi connectivity index (χ4v) is 4.14. The number of rotatable bonds is 3. The standard InChI is InChI=1S/C17H23N3/c1-2-6-18-17(3-1)20-9-7-19(8-10-20)13-16-12-14-4-5-15(16)11-14/h1-6,14-16H,7-13H2/t14-,15-,16+/m0/s1. The minimum Gasteiger partial charge on any atom is -0.354 e. The Morgan fingerprint density at radius 1 is 1.05 bits per heavy atom. The van der Waals surface area contributed by atoms with Gasteiger partial charge in [-0.1, -0.05) is 18.2 Å². The van der Waals surface area contributed by atoms with E-state index in [9.17, 15) is 0 Å². The molecule has 1 aromatic heterocycles. The van der Waals surface area contributed by atoms with Crippen LogP contribution in [0.1, 0.15) is 12.8 Å². The Morgan fingerprint density at radius 3 is 2.60 bits per heavy atom. The largest absolute Gasteiger partial charge is 0.354 e. The van der Waals surface area contributed by atoms with E-state index in [0.29, 0.717) is 0 Å². The highest BCUT2D eigenvalue weighted by Gasteiger charge is 2.36. The Labute approximate surface area is 121 Å². The average Bonchev–Trinajstić information content (AvgIpc) is 3.12. The maximum Gasteiger partial charge on any atom is 0.128 e. The van der Waals surface area contributed by atoms with Crippen molar-refractivity contribution in [2.24, 2.45) is 17.8 Å². The molecule has 3 nitrogen and oxygen atoms in total. The van der Waals surface area contributed by atoms with Gasteiger partial charge in [-0.05, 0) is 42.7 Å². The molecule has 106 valence electrons. The summed E-state index contributed by atoms with van der Waals surface area (Å²) in [6.07, 6.45) is 9.67. The molecule has 20 heavy (non-hydrogen) atoms. The van der Waals surface area contributed by atoms with Crippen LogP contribution in [-0.4, -0.2) is 42.6 Å². The Bertz CT molecular complexity index is 476. The molecular weight excluding hydrogens is 246 g/mol. The second-order valence-corrected chi connectivity index (χ2v) is 6.52. The topological polar surface area (TPSA) is 19.4 Å². The van der Waals surface area contributed by atoms with Crippen molar-refractivity contribution in [1.82, 2.24) is 9.88 Å². The summed E-state index contributed by atoms with van der Waals surface area (Å²) >= 11 is 0. The molecule has 1 saturated heterocycles. The highest BCUT2D eigenvalue weighted by Crippen LogP contribution is 2.43. The van der Waals surface area contributed by atoms with Crippen molar-refractivity contribution in [2.75, 3.05) is 37.6 Å². The molecule has 1 aliphatic heterocycles. The van der Waals surface area contributed by atoms with Crippen LogP contribution in [0.15, 0.2) is 36.5 Å². The van der Waals surface area contributed by atoms with Gasteiger partial charge in [0.1, 0.15) is 5.82 Å². The molecule has 0 radical (unpaired) electrons. The molecule has 0 spiro atoms. The quantitative estimate of drug-likeness (QED) is 0.786. The summed E-state index contributed by atoms with van der Waals surface area (Å²) in [7, 11) is 0. The number of piperazine rings is 1. The molecule has 2 fully saturated rings. The van der Waals surface area contributed by atoms with Gasteiger partial charge in [0.15, 0.2) is 0 Å². The summed E-state index contributed by atoms with van der Waals surface area (Å²) < 4.78 is 0. The molecule has 0 N–H and O–H groups in total. The Morgan fingerprint density at radius 2 is 1.95 bits per heavy atom. The van der Waals surface area contributed by atoms with E-state index >= 15 is 0 Å². The first-order valence-electron chi connectivity index (χ1n) is 7.95. The lowest BCUT2D eigenvalue weighted by Crippen LogP contribution is -2.48. The van der Waals surface area contributed by atoms with Crippen LogP contribution in [0.5, 0.6) is 0 Å². The summed E-state index contributed by atoms with van der Waals surface area (Å²) in [5.41, 5.74) is 0. The number of allylic oxidation sites excluding steroid dienone is 2. The lowest BCUT2D eigenvalue weighted by atomic mass is 9.93. The fraction of sp³-hybridized carbons (Fsp3) is 0.588. The lowest BCUT2D eigenvalue weighted by molar-refractivity contribution is 0.204. The van der Waals surface area contributed by atoms with Crippen molar-refractivity contribution in [3.05, 3.63) is 36.5 Å². The van der Waals surface area contributed by atoms with Gasteiger partial charge in [0.2, 0.25) is 0 Å². The molecule has 3 atom stereocenters. The van der Waals surface area contributed by atoms with E-state index in [1.807, 2.05) is 12.3 Å². The van der Waals surface area contributed by atoms with Gasteiger partial charge in [-0.3, -0.25) is 4.90 Å². The molecule has 2 heterocycles. The third kappa shape index (κ3) is 2.35. The highest BCUT2D eigenvalue weighted by molar-refractivity contribution is 5.38. The molecule has 1 saturated carbocycles. The van der Waals surface area contributed by atoms with Crippen LogP contribution >= 0.6 is 0 Å². The first-order valence-corrected chi connectivity index (χ1v) is 7.95. The van der Waals surface area contributed by atoms with Crippen LogP contribution in [0.2, 0.25) is 0 Å². The predicted molar refractivity (Wildman–Crippen MR) is 81.7 cm³/mol. The fourth-order valence-electron chi connectivity index (χ4n) is 4.14. The van der Waals surface area contributed by atoms with Crippen molar-refractivity contribution in [1.29, 1.82) is 0 Å². The smallest absolute Gasteiger partial charge is 0.128 e. The van der Waals surface area contributed by atoms with Gasteiger partial charge in [-0.2, -0.15) is 0 Å². The zero-order valence-electron chi connectivity index (χ0n) is 12.0. The first kappa shape index (κ1) is 12.4. The van der Waals surface area contributed by atoms with Crippen LogP contribution in [0.25, 0.3) is 0 Å². The van der Waals surface area contributed by atoms with Crippen molar-refractivity contribution < 1.29 is 0 Å². The number of hydrogen-bond donors (Lipinski definition) is 0. The van der Waals surface area contributed by atoms with E-state index in [1.54, 1.807) is 0 Å². The Hall–Kier alpha value is -1.35. The number of fused-ring (bicyclic) bond motifs is 2. The molecule has 4 rings (SSSR count). The zero-order chi connectivity index (χ0) is 13.4. The number of hydrogen-bond acceptors (Lipinski definition) is 3. The number of nitrogens with zero attached hydrogens (tertiary/aromatic N) is 3. The maximum atomic E-state index is 4.46. The second-order valence-electron chi connectivity index (χ2n) is 6.52. The maximum absolute atomic E-state index is 4.46. The zero-order valence-corrected chi connectivity index (χ0v) is 12.0. The molecule has 0 unspecified atom stereocenters. The number of aromatic nitrogens is 1. The monoisotopic (exact) mass is 269 g/mol. The molecule has 3 heteroatoms. The first-order chi connectivity index (χ1) is 9.88. The number of pyridine rings is 1. The molecule has 0 aromatic carbocycles. The molecule has 2 bridgehead atoms. The molecule has 1 aromatic rings. The van der Waals surface area contributed by atoms with Crippen molar-refractivity contribution in [2.45, 2.75) is 12.8 Å². The van der Waals surface area contributed by atoms with Gasteiger partial charge in [0.05, 0.1) is 0 Å². The summed E-state index contributed by atoms with van der Waals surface area (Å²) in [6.45, 7) is 5.92. The SMILES string of the molecule is C1=C[C@H]2C[C@H]1C[C@@H]2CN1CCN(c2ccccn2)CC1. The van der Waals surface area contributed by atoms with E-state index in [0.717, 1.165) is 36.7 Å². The Kier molecular flexibility index (Phi) is 3.23. The van der Waals surface area contributed by atoms with E-state index in [2.05, 4.69) is 39.1 Å². The van der Waals surface area contributed by atoms with Crippen LogP contribution in [0.3, 0.4) is 0 Å². The van der Waals surface area contributed by atoms with E-state index in [1.165, 1.54) is 32.5 Å². The van der Waals surface area contributed by atoms with Crippen LogP contribution in [0.4, 0.5) is 5.82 Å². The van der Waals surface area contributed by atoms with Gasteiger partial charge >= 0.3 is 0 Å². The molecular formula is C17H23N3. The highest BCUT2D eigenvalue weighted by atomic mass is 15.3. The van der Waals surface area contributed by atoms with Gasteiger partial charge in [-0.25, -0.2) is 4.98 Å². The van der Waals surface area contributed by atoms with Gasteiger partial charge < -0.3 is 4.90 Å². The summed E-state index contributed by atoms with van der Waals surface area (Å²) in [4.78, 5) is 9.54. The van der Waals surface area contributed by atoms with Gasteiger partial charge in [0, 0.05) is 38.9 Å². The molecule has 3 aliphatic rings. The van der Waals surface area contributed by atoms with Crippen molar-refractivity contribution in [3.63, 3.8) is 0 Å². The van der Waals surface area contributed by atoms with Gasteiger partial charge in [0.25, 0.3) is 0 Å². The second kappa shape index (κ2) is 5.21. The van der Waals surface area contributed by atoms with Crippen LogP contribution < -0.4 is 4.90 Å². The van der Waals surface area contributed by atoms with Crippen LogP contribution in [0, 0.1) is 17.8 Å². The number of anilines is 1. The minimum atomic E-state index is 0.883. The van der Waals surface area contributed by atoms with Gasteiger partial charge in [-0.15, -0.1) is 0 Å². The third-order valence-corrected chi connectivity index (χ3v) is 5.25. The van der Waals surface area contributed by atoms with Crippen molar-refractivity contribution in [3.8, 4) is 0 Å². The average molecular weight is 269 g/mol. The normalized spacial score (nSPS) is 33.0. The van der Waals surface area contributed by atoms with E-state index < -0.39 is 0 Å². The minimum absolute atomic E-state index is 0.883. The molecule has 0 amide bonds. The third-order valence-electron chi connectivity index (χ3n) is 5.25. The van der Waals surface area contributed by atoms with Crippen molar-refractivity contribution >= 4 is 5.82 Å². The molecule has 2 aliphatic carbocycles. The summed E-state index contributed by atoms with van der Waals surface area (Å²) in [5, 5.41) is 0. The van der Waals surface area contributed by atoms with E-state index in [-0.39, 0.29) is 0 Å².